The molecule has 3 aromatic rings. The van der Waals surface area contributed by atoms with Gasteiger partial charge in [0, 0.05) is 5.56 Å². The molecule has 0 bridgehead atoms. The highest BCUT2D eigenvalue weighted by Crippen LogP contribution is 2.23. The molecule has 0 atom stereocenters. The molecule has 1 heterocycles. The van der Waals surface area contributed by atoms with Gasteiger partial charge in [0.25, 0.3) is 0 Å². The molecule has 8 nitrogen and oxygen atoms in total. The Kier molecular flexibility index (Phi) is 6.56. The fourth-order valence-corrected chi connectivity index (χ4v) is 2.52. The molecule has 8 heteroatoms. The molecule has 146 valence electrons. The summed E-state index contributed by atoms with van der Waals surface area (Å²) in [6, 6.07) is 14.7. The fraction of sp³-hybridized carbons (Fsp3) is 0.300. The topological polar surface area (TPSA) is 91.2 Å². The van der Waals surface area contributed by atoms with E-state index >= 15 is 0 Å². The lowest BCUT2D eigenvalue weighted by Crippen LogP contribution is -2.20. The summed E-state index contributed by atoms with van der Waals surface area (Å²) >= 11 is 0. The number of carbonyl (C=O) groups excluding carboxylic acids is 1. The lowest BCUT2D eigenvalue weighted by molar-refractivity contribution is -0.117. The maximum Gasteiger partial charge on any atom is 0.248 e. The minimum atomic E-state index is -0.264. The van der Waals surface area contributed by atoms with E-state index in [4.69, 9.17) is 9.47 Å². The van der Waals surface area contributed by atoms with E-state index in [-0.39, 0.29) is 12.5 Å². The Bertz CT molecular complexity index is 908. The minimum absolute atomic E-state index is 0.0504. The molecule has 3 rings (SSSR count). The van der Waals surface area contributed by atoms with Crippen LogP contribution in [0.25, 0.3) is 11.4 Å². The van der Waals surface area contributed by atoms with Gasteiger partial charge in [-0.25, -0.2) is 0 Å². The van der Waals surface area contributed by atoms with E-state index in [1.165, 1.54) is 4.80 Å². The standard InChI is InChI=1S/C20H23N5O3/c1-3-13-28-16-11-9-15(10-12-16)20-22-24-25(23-20)14-19(26)21-17-7-5-6-8-18(17)27-4-2/h5-12H,3-4,13-14H2,1-2H3,(H,21,26). The zero-order valence-electron chi connectivity index (χ0n) is 16.0. The van der Waals surface area contributed by atoms with Crippen molar-refractivity contribution in [1.82, 2.24) is 20.2 Å². The molecule has 0 spiro atoms. The Hall–Kier alpha value is -3.42. The van der Waals surface area contributed by atoms with Gasteiger partial charge in [-0.1, -0.05) is 19.1 Å². The van der Waals surface area contributed by atoms with Crippen LogP contribution >= 0.6 is 0 Å². The van der Waals surface area contributed by atoms with Crippen molar-refractivity contribution in [2.45, 2.75) is 26.8 Å². The highest BCUT2D eigenvalue weighted by molar-refractivity contribution is 5.92. The molecular weight excluding hydrogens is 358 g/mol. The van der Waals surface area contributed by atoms with Gasteiger partial charge < -0.3 is 14.8 Å². The molecule has 0 fully saturated rings. The van der Waals surface area contributed by atoms with Crippen LogP contribution in [-0.2, 0) is 11.3 Å². The van der Waals surface area contributed by atoms with Crippen LogP contribution in [0.1, 0.15) is 20.3 Å². The number of nitrogens with one attached hydrogen (secondary N) is 1. The van der Waals surface area contributed by atoms with Gasteiger partial charge in [0.15, 0.2) is 0 Å². The first-order chi connectivity index (χ1) is 13.7. The SMILES string of the molecule is CCCOc1ccc(-c2nnn(CC(=O)Nc3ccccc3OCC)n2)cc1. The molecule has 1 aromatic heterocycles. The molecule has 0 aliphatic heterocycles. The Balaban J connectivity index is 1.62. The number of aromatic nitrogens is 4. The summed E-state index contributed by atoms with van der Waals surface area (Å²) in [7, 11) is 0. The Labute approximate surface area is 163 Å². The number of rotatable bonds is 9. The maximum absolute atomic E-state index is 12.3. The number of amides is 1. The first-order valence-corrected chi connectivity index (χ1v) is 9.22. The van der Waals surface area contributed by atoms with Crippen LogP contribution in [0.2, 0.25) is 0 Å². The lowest BCUT2D eigenvalue weighted by Gasteiger charge is -2.10. The molecule has 0 saturated heterocycles. The Morgan fingerprint density at radius 1 is 1.07 bits per heavy atom. The summed E-state index contributed by atoms with van der Waals surface area (Å²) in [6.45, 7) is 5.09. The lowest BCUT2D eigenvalue weighted by atomic mass is 10.2. The van der Waals surface area contributed by atoms with E-state index in [0.29, 0.717) is 30.5 Å². The molecule has 1 N–H and O–H groups in total. The summed E-state index contributed by atoms with van der Waals surface area (Å²) in [5, 5.41) is 15.1. The molecule has 0 aliphatic carbocycles. The van der Waals surface area contributed by atoms with E-state index < -0.39 is 0 Å². The quantitative estimate of drug-likeness (QED) is 0.612. The van der Waals surface area contributed by atoms with Crippen molar-refractivity contribution in [1.29, 1.82) is 0 Å². The summed E-state index contributed by atoms with van der Waals surface area (Å²) in [4.78, 5) is 13.6. The van der Waals surface area contributed by atoms with E-state index in [9.17, 15) is 4.79 Å². The number of carbonyl (C=O) groups is 1. The molecule has 2 aromatic carbocycles. The van der Waals surface area contributed by atoms with Crippen molar-refractivity contribution in [3.8, 4) is 22.9 Å². The Morgan fingerprint density at radius 2 is 1.86 bits per heavy atom. The number of tetrazole rings is 1. The number of hydrogen-bond donors (Lipinski definition) is 1. The fourth-order valence-electron chi connectivity index (χ4n) is 2.52. The van der Waals surface area contributed by atoms with Gasteiger partial charge in [0.2, 0.25) is 11.7 Å². The third-order valence-electron chi connectivity index (χ3n) is 3.78. The van der Waals surface area contributed by atoms with Crippen molar-refractivity contribution < 1.29 is 14.3 Å². The molecule has 28 heavy (non-hydrogen) atoms. The zero-order valence-corrected chi connectivity index (χ0v) is 16.0. The van der Waals surface area contributed by atoms with Gasteiger partial charge in [-0.05, 0) is 55.0 Å². The second-order valence-electron chi connectivity index (χ2n) is 5.99. The van der Waals surface area contributed by atoms with Crippen molar-refractivity contribution in [2.75, 3.05) is 18.5 Å². The van der Waals surface area contributed by atoms with Crippen molar-refractivity contribution in [3.05, 3.63) is 48.5 Å². The predicted octanol–water partition coefficient (Wildman–Crippen LogP) is 3.17. The van der Waals surface area contributed by atoms with Gasteiger partial charge in [-0.15, -0.1) is 10.2 Å². The normalized spacial score (nSPS) is 10.5. The second kappa shape index (κ2) is 9.50. The van der Waals surface area contributed by atoms with E-state index in [0.717, 1.165) is 17.7 Å². The average Bonchev–Trinajstić information content (AvgIpc) is 3.17. The number of para-hydroxylation sites is 2. The number of hydrogen-bond acceptors (Lipinski definition) is 6. The molecule has 0 aliphatic rings. The number of nitrogens with zero attached hydrogens (tertiary/aromatic N) is 4. The third kappa shape index (κ3) is 5.06. The largest absolute Gasteiger partial charge is 0.494 e. The van der Waals surface area contributed by atoms with Crippen molar-refractivity contribution in [2.24, 2.45) is 0 Å². The van der Waals surface area contributed by atoms with Gasteiger partial charge in [-0.2, -0.15) is 4.80 Å². The van der Waals surface area contributed by atoms with Gasteiger partial charge in [0.1, 0.15) is 18.0 Å². The highest BCUT2D eigenvalue weighted by atomic mass is 16.5. The summed E-state index contributed by atoms with van der Waals surface area (Å²) < 4.78 is 11.1. The first kappa shape index (κ1) is 19.3. The summed E-state index contributed by atoms with van der Waals surface area (Å²) in [6.07, 6.45) is 0.953. The van der Waals surface area contributed by atoms with E-state index in [1.54, 1.807) is 12.1 Å². The van der Waals surface area contributed by atoms with E-state index in [1.807, 2.05) is 43.3 Å². The monoisotopic (exact) mass is 381 g/mol. The maximum atomic E-state index is 12.3. The molecule has 1 amide bonds. The number of anilines is 1. The zero-order chi connectivity index (χ0) is 19.8. The van der Waals surface area contributed by atoms with Crippen molar-refractivity contribution in [3.63, 3.8) is 0 Å². The highest BCUT2D eigenvalue weighted by Gasteiger charge is 2.11. The van der Waals surface area contributed by atoms with E-state index in [2.05, 4.69) is 27.7 Å². The van der Waals surface area contributed by atoms with Crippen LogP contribution < -0.4 is 14.8 Å². The average molecular weight is 381 g/mol. The summed E-state index contributed by atoms with van der Waals surface area (Å²) in [5.41, 5.74) is 1.41. The van der Waals surface area contributed by atoms with Crippen LogP contribution in [0.4, 0.5) is 5.69 Å². The Morgan fingerprint density at radius 3 is 2.61 bits per heavy atom. The first-order valence-electron chi connectivity index (χ1n) is 9.22. The second-order valence-corrected chi connectivity index (χ2v) is 5.99. The molecular formula is C20H23N5O3. The van der Waals surface area contributed by atoms with Crippen LogP contribution in [0.3, 0.4) is 0 Å². The molecule has 0 radical (unpaired) electrons. The van der Waals surface area contributed by atoms with Crippen molar-refractivity contribution >= 4 is 11.6 Å². The van der Waals surface area contributed by atoms with Gasteiger partial charge in [-0.3, -0.25) is 4.79 Å². The number of ether oxygens (including phenoxy) is 2. The molecule has 0 saturated carbocycles. The smallest absolute Gasteiger partial charge is 0.248 e. The van der Waals surface area contributed by atoms with Gasteiger partial charge in [0.05, 0.1) is 18.9 Å². The number of benzene rings is 2. The van der Waals surface area contributed by atoms with Crippen LogP contribution in [0, 0.1) is 0 Å². The molecule has 0 unspecified atom stereocenters. The minimum Gasteiger partial charge on any atom is -0.494 e. The summed E-state index contributed by atoms with van der Waals surface area (Å²) in [5.74, 6) is 1.60. The van der Waals surface area contributed by atoms with Crippen LogP contribution in [0.15, 0.2) is 48.5 Å². The third-order valence-corrected chi connectivity index (χ3v) is 3.78. The van der Waals surface area contributed by atoms with Crippen LogP contribution in [-0.4, -0.2) is 39.3 Å². The van der Waals surface area contributed by atoms with Crippen LogP contribution in [0.5, 0.6) is 11.5 Å². The predicted molar refractivity (Wildman–Crippen MR) is 105 cm³/mol. The van der Waals surface area contributed by atoms with Gasteiger partial charge >= 0.3 is 0 Å².